The van der Waals surface area contributed by atoms with Crippen LogP contribution in [0.25, 0.3) is 0 Å². The standard InChI is InChI=1S/C11H13Br2NO2S/c12-9-4-8(17-10(9)13)6-14-3-1-2-7(5-14)11(15)16/h4,7H,1-3,5-6H2,(H,15,16). The molecule has 0 aliphatic carbocycles. The predicted molar refractivity (Wildman–Crippen MR) is 75.4 cm³/mol. The third-order valence-electron chi connectivity index (χ3n) is 2.93. The molecule has 1 fully saturated rings. The summed E-state index contributed by atoms with van der Waals surface area (Å²) in [5, 5.41) is 9.03. The molecule has 1 aromatic rings. The van der Waals surface area contributed by atoms with Gasteiger partial charge in [-0.15, -0.1) is 11.3 Å². The van der Waals surface area contributed by atoms with Crippen molar-refractivity contribution in [2.45, 2.75) is 19.4 Å². The molecule has 0 saturated carbocycles. The van der Waals surface area contributed by atoms with Crippen LogP contribution in [0.15, 0.2) is 14.3 Å². The summed E-state index contributed by atoms with van der Waals surface area (Å²) in [6.45, 7) is 2.51. The fraction of sp³-hybridized carbons (Fsp3) is 0.545. The number of thiophene rings is 1. The Bertz CT molecular complexity index is 402. The Balaban J connectivity index is 1.96. The van der Waals surface area contributed by atoms with Gasteiger partial charge in [0.25, 0.3) is 0 Å². The summed E-state index contributed by atoms with van der Waals surface area (Å²) in [4.78, 5) is 14.5. The molecular weight excluding hydrogens is 370 g/mol. The number of piperidine rings is 1. The van der Waals surface area contributed by atoms with Crippen LogP contribution in [0.5, 0.6) is 0 Å². The Morgan fingerprint density at radius 2 is 2.35 bits per heavy atom. The highest BCUT2D eigenvalue weighted by molar-refractivity contribution is 9.13. The van der Waals surface area contributed by atoms with Crippen LogP contribution in [0.4, 0.5) is 0 Å². The molecule has 2 rings (SSSR count). The Morgan fingerprint density at radius 1 is 1.59 bits per heavy atom. The SMILES string of the molecule is O=C(O)C1CCCN(Cc2cc(Br)c(Br)s2)C1. The molecule has 1 saturated heterocycles. The molecule has 3 nitrogen and oxygen atoms in total. The van der Waals surface area contributed by atoms with Gasteiger partial charge in [0.05, 0.1) is 9.70 Å². The Morgan fingerprint density at radius 3 is 2.94 bits per heavy atom. The number of carbonyl (C=O) groups is 1. The largest absolute Gasteiger partial charge is 0.481 e. The van der Waals surface area contributed by atoms with Gasteiger partial charge in [-0.25, -0.2) is 0 Å². The molecule has 1 N–H and O–H groups in total. The van der Waals surface area contributed by atoms with E-state index in [4.69, 9.17) is 5.11 Å². The van der Waals surface area contributed by atoms with Crippen LogP contribution in [0.1, 0.15) is 17.7 Å². The maximum Gasteiger partial charge on any atom is 0.307 e. The maximum atomic E-state index is 11.0. The second-order valence-electron chi connectivity index (χ2n) is 4.25. The van der Waals surface area contributed by atoms with E-state index in [1.54, 1.807) is 11.3 Å². The van der Waals surface area contributed by atoms with Gasteiger partial charge in [-0.3, -0.25) is 9.69 Å². The van der Waals surface area contributed by atoms with Crippen molar-refractivity contribution in [3.8, 4) is 0 Å². The van der Waals surface area contributed by atoms with Gasteiger partial charge in [0, 0.05) is 22.4 Å². The summed E-state index contributed by atoms with van der Waals surface area (Å²) in [7, 11) is 0. The molecule has 2 heterocycles. The number of likely N-dealkylation sites (tertiary alicyclic amines) is 1. The molecule has 0 bridgehead atoms. The van der Waals surface area contributed by atoms with Gasteiger partial charge in [0.1, 0.15) is 0 Å². The summed E-state index contributed by atoms with van der Waals surface area (Å²) >= 11 is 8.64. The topological polar surface area (TPSA) is 40.5 Å². The number of halogens is 2. The molecule has 6 heteroatoms. The van der Waals surface area contributed by atoms with Gasteiger partial charge >= 0.3 is 5.97 Å². The summed E-state index contributed by atoms with van der Waals surface area (Å²) in [6.07, 6.45) is 1.79. The minimum Gasteiger partial charge on any atom is -0.481 e. The first-order valence-corrected chi connectivity index (χ1v) is 7.85. The van der Waals surface area contributed by atoms with E-state index in [1.807, 2.05) is 0 Å². The lowest BCUT2D eigenvalue weighted by atomic mass is 9.98. The van der Waals surface area contributed by atoms with Gasteiger partial charge in [-0.05, 0) is 57.3 Å². The van der Waals surface area contributed by atoms with Crippen LogP contribution in [-0.4, -0.2) is 29.1 Å². The fourth-order valence-corrected chi connectivity index (χ4v) is 4.31. The first-order chi connectivity index (χ1) is 8.06. The Labute approximate surface area is 121 Å². The van der Waals surface area contributed by atoms with Crippen LogP contribution in [0, 0.1) is 5.92 Å². The van der Waals surface area contributed by atoms with Crippen LogP contribution >= 0.6 is 43.2 Å². The van der Waals surface area contributed by atoms with E-state index in [1.165, 1.54) is 4.88 Å². The molecular formula is C11H13Br2NO2S. The normalized spacial score (nSPS) is 21.6. The number of nitrogens with zero attached hydrogens (tertiary/aromatic N) is 1. The first-order valence-electron chi connectivity index (χ1n) is 5.45. The molecule has 94 valence electrons. The van der Waals surface area contributed by atoms with Crippen molar-refractivity contribution in [3.05, 3.63) is 19.2 Å². The molecule has 0 radical (unpaired) electrons. The highest BCUT2D eigenvalue weighted by Gasteiger charge is 2.25. The zero-order valence-electron chi connectivity index (χ0n) is 9.16. The van der Waals surface area contributed by atoms with E-state index < -0.39 is 5.97 Å². The second kappa shape index (κ2) is 5.82. The summed E-state index contributed by atoms with van der Waals surface area (Å²) in [5.74, 6) is -0.862. The average Bonchev–Trinajstić information content (AvgIpc) is 2.58. The van der Waals surface area contributed by atoms with Crippen molar-refractivity contribution in [1.29, 1.82) is 0 Å². The summed E-state index contributed by atoms with van der Waals surface area (Å²) < 4.78 is 2.17. The third kappa shape index (κ3) is 3.53. The highest BCUT2D eigenvalue weighted by atomic mass is 79.9. The summed E-state index contributed by atoms with van der Waals surface area (Å²) in [6, 6.07) is 2.10. The van der Waals surface area contributed by atoms with E-state index in [0.717, 1.165) is 34.2 Å². The molecule has 1 unspecified atom stereocenters. The molecule has 1 aliphatic rings. The van der Waals surface area contributed by atoms with E-state index >= 15 is 0 Å². The lowest BCUT2D eigenvalue weighted by molar-refractivity contribution is -0.143. The predicted octanol–water partition coefficient (Wildman–Crippen LogP) is 3.57. The van der Waals surface area contributed by atoms with Gasteiger partial charge in [0.15, 0.2) is 0 Å². The van der Waals surface area contributed by atoms with Crippen LogP contribution < -0.4 is 0 Å². The quantitative estimate of drug-likeness (QED) is 0.868. The first kappa shape index (κ1) is 13.5. The third-order valence-corrected chi connectivity index (χ3v) is 6.17. The van der Waals surface area contributed by atoms with Gasteiger partial charge in [-0.1, -0.05) is 0 Å². The number of hydrogen-bond donors (Lipinski definition) is 1. The van der Waals surface area contributed by atoms with Crippen LogP contribution in [0.3, 0.4) is 0 Å². The highest BCUT2D eigenvalue weighted by Crippen LogP contribution is 2.33. The minimum atomic E-state index is -0.664. The number of carboxylic acid groups (broad SMARTS) is 1. The molecule has 1 aromatic heterocycles. The molecule has 0 aromatic carbocycles. The monoisotopic (exact) mass is 381 g/mol. The van der Waals surface area contributed by atoms with E-state index in [0.29, 0.717) is 6.54 Å². The average molecular weight is 383 g/mol. The lowest BCUT2D eigenvalue weighted by Gasteiger charge is -2.30. The van der Waals surface area contributed by atoms with Crippen LogP contribution in [0.2, 0.25) is 0 Å². The molecule has 0 spiro atoms. The minimum absolute atomic E-state index is 0.199. The van der Waals surface area contributed by atoms with Crippen LogP contribution in [-0.2, 0) is 11.3 Å². The molecule has 1 atom stereocenters. The lowest BCUT2D eigenvalue weighted by Crippen LogP contribution is -2.37. The van der Waals surface area contributed by atoms with Crippen molar-refractivity contribution in [2.75, 3.05) is 13.1 Å². The smallest absolute Gasteiger partial charge is 0.307 e. The Hall–Kier alpha value is 0.0900. The zero-order valence-corrected chi connectivity index (χ0v) is 13.1. The van der Waals surface area contributed by atoms with Gasteiger partial charge in [-0.2, -0.15) is 0 Å². The van der Waals surface area contributed by atoms with E-state index in [2.05, 4.69) is 42.8 Å². The fourth-order valence-electron chi connectivity index (χ4n) is 2.09. The number of hydrogen-bond acceptors (Lipinski definition) is 3. The zero-order chi connectivity index (χ0) is 12.4. The van der Waals surface area contributed by atoms with Gasteiger partial charge in [0.2, 0.25) is 0 Å². The van der Waals surface area contributed by atoms with Crippen molar-refractivity contribution < 1.29 is 9.90 Å². The number of aliphatic carboxylic acids is 1. The van der Waals surface area contributed by atoms with Crippen molar-refractivity contribution in [2.24, 2.45) is 5.92 Å². The van der Waals surface area contributed by atoms with Gasteiger partial charge < -0.3 is 5.11 Å². The molecule has 1 aliphatic heterocycles. The number of carboxylic acids is 1. The Kier molecular flexibility index (Phi) is 4.63. The van der Waals surface area contributed by atoms with E-state index in [-0.39, 0.29) is 5.92 Å². The van der Waals surface area contributed by atoms with Crippen molar-refractivity contribution in [3.63, 3.8) is 0 Å². The molecule has 17 heavy (non-hydrogen) atoms. The second-order valence-corrected chi connectivity index (χ2v) is 7.56. The molecule has 0 amide bonds. The summed E-state index contributed by atoms with van der Waals surface area (Å²) in [5.41, 5.74) is 0. The van der Waals surface area contributed by atoms with Crippen molar-refractivity contribution >= 4 is 49.2 Å². The number of rotatable bonds is 3. The van der Waals surface area contributed by atoms with Crippen molar-refractivity contribution in [1.82, 2.24) is 4.90 Å². The van der Waals surface area contributed by atoms with E-state index in [9.17, 15) is 4.79 Å². The maximum absolute atomic E-state index is 11.0.